The number of benzene rings is 2. The first-order valence-corrected chi connectivity index (χ1v) is 9.37. The number of nitrogens with two attached hydrogens (primary N) is 2. The van der Waals surface area contributed by atoms with Gasteiger partial charge < -0.3 is 20.9 Å². The van der Waals surface area contributed by atoms with E-state index in [1.807, 2.05) is 37.3 Å². The number of anilines is 2. The van der Waals surface area contributed by atoms with Gasteiger partial charge in [0.15, 0.2) is 0 Å². The second kappa shape index (κ2) is 12.3. The van der Waals surface area contributed by atoms with Crippen LogP contribution >= 0.6 is 0 Å². The molecule has 2 aromatic carbocycles. The molecule has 0 aliphatic carbocycles. The van der Waals surface area contributed by atoms with Crippen molar-refractivity contribution in [3.05, 3.63) is 59.7 Å². The highest BCUT2D eigenvalue weighted by Crippen LogP contribution is 2.17. The van der Waals surface area contributed by atoms with Gasteiger partial charge in [0.05, 0.1) is 25.4 Å². The van der Waals surface area contributed by atoms with Crippen molar-refractivity contribution in [1.82, 2.24) is 0 Å². The van der Waals surface area contributed by atoms with Crippen LogP contribution in [-0.2, 0) is 22.7 Å². The summed E-state index contributed by atoms with van der Waals surface area (Å²) in [5.41, 5.74) is 15.0. The van der Waals surface area contributed by atoms with E-state index in [-0.39, 0.29) is 6.10 Å². The van der Waals surface area contributed by atoms with Gasteiger partial charge in [0.25, 0.3) is 0 Å². The maximum Gasteiger partial charge on any atom is 0.0740 e. The average Bonchev–Trinajstić information content (AvgIpc) is 2.66. The summed E-state index contributed by atoms with van der Waals surface area (Å²) in [7, 11) is 0. The summed E-state index contributed by atoms with van der Waals surface area (Å²) in [5, 5.41) is 0. The molecule has 0 radical (unpaired) electrons. The van der Waals surface area contributed by atoms with Crippen molar-refractivity contribution in [2.45, 2.75) is 66.0 Å². The van der Waals surface area contributed by atoms with Crippen LogP contribution in [-0.4, -0.2) is 12.2 Å². The highest BCUT2D eigenvalue weighted by atomic mass is 16.5. The van der Waals surface area contributed by atoms with Crippen molar-refractivity contribution in [2.24, 2.45) is 0 Å². The maximum absolute atomic E-state index is 5.79. The Hall–Kier alpha value is -2.04. The molecule has 4 nitrogen and oxygen atoms in total. The smallest absolute Gasteiger partial charge is 0.0740 e. The summed E-state index contributed by atoms with van der Waals surface area (Å²) >= 11 is 0. The van der Waals surface area contributed by atoms with Crippen molar-refractivity contribution in [3.8, 4) is 0 Å². The Labute approximate surface area is 158 Å². The third-order valence-corrected chi connectivity index (χ3v) is 4.22. The normalized spacial score (nSPS) is 12.8. The lowest BCUT2D eigenvalue weighted by Crippen LogP contribution is -2.07. The summed E-state index contributed by atoms with van der Waals surface area (Å²) < 4.78 is 11.2. The van der Waals surface area contributed by atoms with Crippen molar-refractivity contribution >= 4 is 11.4 Å². The van der Waals surface area contributed by atoms with E-state index < -0.39 is 0 Å². The molecule has 0 heterocycles. The summed E-state index contributed by atoms with van der Waals surface area (Å²) in [6.07, 6.45) is 2.72. The zero-order chi connectivity index (χ0) is 19.4. The van der Waals surface area contributed by atoms with Crippen LogP contribution < -0.4 is 11.5 Å². The molecule has 26 heavy (non-hydrogen) atoms. The van der Waals surface area contributed by atoms with Crippen molar-refractivity contribution in [3.63, 3.8) is 0 Å². The van der Waals surface area contributed by atoms with Crippen molar-refractivity contribution in [1.29, 1.82) is 0 Å². The highest BCUT2D eigenvalue weighted by molar-refractivity contribution is 5.56. The predicted molar refractivity (Wildman–Crippen MR) is 111 cm³/mol. The van der Waals surface area contributed by atoms with E-state index in [1.54, 1.807) is 6.07 Å². The molecule has 4 heteroatoms. The average molecular weight is 359 g/mol. The molecule has 0 saturated heterocycles. The van der Waals surface area contributed by atoms with E-state index in [4.69, 9.17) is 20.9 Å². The Kier molecular flexibility index (Phi) is 10.4. The van der Waals surface area contributed by atoms with Crippen molar-refractivity contribution < 1.29 is 9.47 Å². The summed E-state index contributed by atoms with van der Waals surface area (Å²) in [6.45, 7) is 9.67. The van der Waals surface area contributed by atoms with Gasteiger partial charge in [0, 0.05) is 16.9 Å². The first kappa shape index (κ1) is 22.0. The fraction of sp³-hybridized carbons (Fsp3) is 0.455. The number of hydrogen-bond donors (Lipinski definition) is 2. The molecular weight excluding hydrogens is 324 g/mol. The van der Waals surface area contributed by atoms with Gasteiger partial charge >= 0.3 is 0 Å². The van der Waals surface area contributed by atoms with Gasteiger partial charge in [-0.05, 0) is 44.4 Å². The quantitative estimate of drug-likeness (QED) is 0.639. The van der Waals surface area contributed by atoms with E-state index >= 15 is 0 Å². The Morgan fingerprint density at radius 3 is 1.92 bits per heavy atom. The van der Waals surface area contributed by atoms with E-state index in [1.165, 1.54) is 5.56 Å². The summed E-state index contributed by atoms with van der Waals surface area (Å²) in [6, 6.07) is 15.8. The van der Waals surface area contributed by atoms with Crippen LogP contribution in [0.3, 0.4) is 0 Å². The summed E-state index contributed by atoms with van der Waals surface area (Å²) in [5.74, 6) is 0. The monoisotopic (exact) mass is 358 g/mol. The topological polar surface area (TPSA) is 70.5 Å². The minimum Gasteiger partial charge on any atom is -0.399 e. The molecule has 144 valence electrons. The molecule has 0 fully saturated rings. The van der Waals surface area contributed by atoms with E-state index in [2.05, 4.69) is 32.9 Å². The second-order valence-electron chi connectivity index (χ2n) is 6.50. The van der Waals surface area contributed by atoms with Gasteiger partial charge in [-0.2, -0.15) is 0 Å². The van der Waals surface area contributed by atoms with Crippen LogP contribution in [0.1, 0.15) is 51.7 Å². The zero-order valence-corrected chi connectivity index (χ0v) is 16.6. The molecule has 0 bridgehead atoms. The first-order valence-electron chi connectivity index (χ1n) is 9.37. The number of ether oxygens (including phenoxy) is 2. The Balaban J connectivity index is 0.000000263. The molecule has 4 N–H and O–H groups in total. The molecule has 0 aliphatic heterocycles. The fourth-order valence-electron chi connectivity index (χ4n) is 2.03. The molecule has 2 unspecified atom stereocenters. The van der Waals surface area contributed by atoms with Crippen LogP contribution in [0, 0.1) is 0 Å². The molecule has 0 aliphatic rings. The molecule has 0 saturated carbocycles. The molecule has 2 atom stereocenters. The largest absolute Gasteiger partial charge is 0.399 e. The summed E-state index contributed by atoms with van der Waals surface area (Å²) in [4.78, 5) is 0. The van der Waals surface area contributed by atoms with E-state index in [0.29, 0.717) is 24.1 Å². The second-order valence-corrected chi connectivity index (χ2v) is 6.50. The molecular formula is C22H34N2O2. The van der Waals surface area contributed by atoms with Crippen LogP contribution in [0.2, 0.25) is 0 Å². The van der Waals surface area contributed by atoms with Gasteiger partial charge in [-0.25, -0.2) is 0 Å². The minimum absolute atomic E-state index is 0.270. The Bertz CT molecular complexity index is 617. The SMILES string of the molecule is CCC(C)OCc1ccc(N)cc1N.CCC(C)OCc1ccccc1. The first-order chi connectivity index (χ1) is 12.5. The van der Waals surface area contributed by atoms with Gasteiger partial charge in [-0.3, -0.25) is 0 Å². The lowest BCUT2D eigenvalue weighted by atomic mass is 10.2. The number of rotatable bonds is 8. The Morgan fingerprint density at radius 1 is 0.808 bits per heavy atom. The molecule has 0 amide bonds. The van der Waals surface area contributed by atoms with Crippen LogP contribution in [0.25, 0.3) is 0 Å². The molecule has 0 aromatic heterocycles. The van der Waals surface area contributed by atoms with Crippen LogP contribution in [0.15, 0.2) is 48.5 Å². The lowest BCUT2D eigenvalue weighted by molar-refractivity contribution is 0.0508. The van der Waals surface area contributed by atoms with Gasteiger partial charge in [0.1, 0.15) is 0 Å². The van der Waals surface area contributed by atoms with Crippen LogP contribution in [0.4, 0.5) is 11.4 Å². The minimum atomic E-state index is 0.270. The number of hydrogen-bond acceptors (Lipinski definition) is 4. The highest BCUT2D eigenvalue weighted by Gasteiger charge is 2.03. The predicted octanol–water partition coefficient (Wildman–Crippen LogP) is 5.17. The molecule has 2 rings (SSSR count). The third kappa shape index (κ3) is 8.88. The van der Waals surface area contributed by atoms with Crippen LogP contribution in [0.5, 0.6) is 0 Å². The fourth-order valence-corrected chi connectivity index (χ4v) is 2.03. The van der Waals surface area contributed by atoms with E-state index in [0.717, 1.165) is 25.0 Å². The standard InChI is InChI=1S/C11H18N2O.C11H16O/c1-3-8(2)14-7-9-4-5-10(12)6-11(9)13;1-3-10(2)12-9-11-7-5-4-6-8-11/h4-6,8H,3,7,12-13H2,1-2H3;4-8,10H,3,9H2,1-2H3. The zero-order valence-electron chi connectivity index (χ0n) is 16.6. The van der Waals surface area contributed by atoms with Gasteiger partial charge in [0.2, 0.25) is 0 Å². The number of nitrogen functional groups attached to an aromatic ring is 2. The molecule has 0 spiro atoms. The maximum atomic E-state index is 5.79. The van der Waals surface area contributed by atoms with Gasteiger partial charge in [-0.15, -0.1) is 0 Å². The third-order valence-electron chi connectivity index (χ3n) is 4.22. The van der Waals surface area contributed by atoms with Crippen molar-refractivity contribution in [2.75, 3.05) is 11.5 Å². The Morgan fingerprint density at radius 2 is 1.38 bits per heavy atom. The lowest BCUT2D eigenvalue weighted by Gasteiger charge is -2.12. The van der Waals surface area contributed by atoms with Gasteiger partial charge in [-0.1, -0.05) is 50.2 Å². The van der Waals surface area contributed by atoms with E-state index in [9.17, 15) is 0 Å². The molecule has 2 aromatic rings.